The summed E-state index contributed by atoms with van der Waals surface area (Å²) in [5.74, 6) is -0.479. The molecule has 278 valence electrons. The van der Waals surface area contributed by atoms with Gasteiger partial charge in [-0.3, -0.25) is 4.79 Å². The van der Waals surface area contributed by atoms with E-state index in [1.807, 2.05) is 0 Å². The van der Waals surface area contributed by atoms with E-state index >= 15 is 0 Å². The zero-order valence-electron chi connectivity index (χ0n) is 31.4. The average Bonchev–Trinajstić information content (AvgIpc) is 3.07. The van der Waals surface area contributed by atoms with Crippen molar-refractivity contribution in [2.45, 2.75) is 231 Å². The second-order valence-electron chi connectivity index (χ2n) is 14.2. The first kappa shape index (κ1) is 45.8. The van der Waals surface area contributed by atoms with Gasteiger partial charge in [-0.1, -0.05) is 192 Å². The number of allylic oxidation sites excluding steroid dienone is 4. The van der Waals surface area contributed by atoms with Crippen molar-refractivity contribution in [3.8, 4) is 0 Å². The lowest BCUT2D eigenvalue weighted by Crippen LogP contribution is -2.49. The molecule has 3 unspecified atom stereocenters. The fourth-order valence-electron chi connectivity index (χ4n) is 6.28. The minimum Gasteiger partial charge on any atom is -0.394 e. The molecule has 0 aromatic heterocycles. The van der Waals surface area contributed by atoms with E-state index in [1.54, 1.807) is 0 Å². The number of unbranched alkanes of at least 4 members (excludes halogenated alkanes) is 25. The Kier molecular flexibility index (Phi) is 36.7. The summed E-state index contributed by atoms with van der Waals surface area (Å²) in [6, 6.07) is -0.714. The molecule has 0 saturated carbocycles. The van der Waals surface area contributed by atoms with Crippen molar-refractivity contribution in [1.82, 2.24) is 5.32 Å². The fourth-order valence-corrected chi connectivity index (χ4v) is 6.28. The van der Waals surface area contributed by atoms with Gasteiger partial charge in [-0.15, -0.1) is 0 Å². The van der Waals surface area contributed by atoms with Crippen LogP contribution in [0.3, 0.4) is 0 Å². The summed E-state index contributed by atoms with van der Waals surface area (Å²) in [4.78, 5) is 12.4. The smallest absolute Gasteiger partial charge is 0.249 e. The molecule has 0 saturated heterocycles. The van der Waals surface area contributed by atoms with E-state index in [-0.39, 0.29) is 6.61 Å². The number of hydrogen-bond acceptors (Lipinski definition) is 4. The number of hydrogen-bond donors (Lipinski definition) is 4. The van der Waals surface area contributed by atoms with Crippen LogP contribution in [0.15, 0.2) is 24.3 Å². The number of carbonyl (C=O) groups excluding carboxylic acids is 1. The maximum atomic E-state index is 12.4. The first-order valence-electron chi connectivity index (χ1n) is 20.6. The van der Waals surface area contributed by atoms with Crippen molar-refractivity contribution in [2.75, 3.05) is 6.61 Å². The molecule has 4 N–H and O–H groups in total. The number of aliphatic hydroxyl groups is 3. The largest absolute Gasteiger partial charge is 0.394 e. The van der Waals surface area contributed by atoms with Gasteiger partial charge < -0.3 is 20.6 Å². The lowest BCUT2D eigenvalue weighted by molar-refractivity contribution is -0.131. The van der Waals surface area contributed by atoms with Crippen molar-refractivity contribution >= 4 is 5.91 Å². The lowest BCUT2D eigenvalue weighted by Gasteiger charge is -2.23. The number of amides is 1. The van der Waals surface area contributed by atoms with E-state index in [0.717, 1.165) is 44.9 Å². The molecule has 47 heavy (non-hydrogen) atoms. The molecule has 0 aliphatic carbocycles. The van der Waals surface area contributed by atoms with Gasteiger partial charge in [0.1, 0.15) is 6.10 Å². The minimum absolute atomic E-state index is 0.316. The van der Waals surface area contributed by atoms with Gasteiger partial charge in [0.2, 0.25) is 5.91 Å². The Labute approximate surface area is 292 Å². The molecular weight excluding hydrogens is 582 g/mol. The summed E-state index contributed by atoms with van der Waals surface area (Å²) in [6.45, 7) is 4.20. The van der Waals surface area contributed by atoms with Crippen LogP contribution in [0.5, 0.6) is 0 Å². The van der Waals surface area contributed by atoms with Gasteiger partial charge in [0.15, 0.2) is 0 Å². The number of nitrogens with one attached hydrogen (secondary N) is 1. The summed E-state index contributed by atoms with van der Waals surface area (Å²) in [5.41, 5.74) is 0. The molecule has 0 rings (SSSR count). The van der Waals surface area contributed by atoms with Gasteiger partial charge >= 0.3 is 0 Å². The molecule has 0 fully saturated rings. The molecule has 5 heteroatoms. The molecule has 0 aromatic carbocycles. The van der Waals surface area contributed by atoms with Crippen molar-refractivity contribution in [1.29, 1.82) is 0 Å². The third-order valence-electron chi connectivity index (χ3n) is 9.57. The van der Waals surface area contributed by atoms with E-state index < -0.39 is 24.2 Å². The molecule has 0 bridgehead atoms. The van der Waals surface area contributed by atoms with Gasteiger partial charge in [0, 0.05) is 0 Å². The number of rotatable bonds is 37. The molecular formula is C42H81NO4. The van der Waals surface area contributed by atoms with Crippen LogP contribution in [0, 0.1) is 0 Å². The highest BCUT2D eigenvalue weighted by atomic mass is 16.3. The normalized spacial score (nSPS) is 13.9. The van der Waals surface area contributed by atoms with Crippen LogP contribution in [0.4, 0.5) is 0 Å². The van der Waals surface area contributed by atoms with Crippen LogP contribution in [-0.4, -0.2) is 46.1 Å². The van der Waals surface area contributed by atoms with Crippen LogP contribution < -0.4 is 5.32 Å². The van der Waals surface area contributed by atoms with Crippen molar-refractivity contribution in [3.05, 3.63) is 24.3 Å². The summed E-state index contributed by atoms with van der Waals surface area (Å²) >= 11 is 0. The van der Waals surface area contributed by atoms with E-state index in [1.165, 1.54) is 141 Å². The molecule has 0 aliphatic rings. The van der Waals surface area contributed by atoms with Gasteiger partial charge in [-0.2, -0.15) is 0 Å². The maximum Gasteiger partial charge on any atom is 0.249 e. The Morgan fingerprint density at radius 1 is 0.511 bits per heavy atom. The zero-order valence-corrected chi connectivity index (χ0v) is 31.4. The van der Waals surface area contributed by atoms with E-state index in [0.29, 0.717) is 12.8 Å². The van der Waals surface area contributed by atoms with Crippen LogP contribution in [0.2, 0.25) is 0 Å². The van der Waals surface area contributed by atoms with Crippen molar-refractivity contribution < 1.29 is 20.1 Å². The monoisotopic (exact) mass is 664 g/mol. The first-order chi connectivity index (χ1) is 23.1. The second-order valence-corrected chi connectivity index (χ2v) is 14.2. The zero-order chi connectivity index (χ0) is 34.5. The van der Waals surface area contributed by atoms with Gasteiger partial charge in [-0.25, -0.2) is 0 Å². The summed E-state index contributed by atoms with van der Waals surface area (Å²) < 4.78 is 0. The van der Waals surface area contributed by atoms with E-state index in [2.05, 4.69) is 43.5 Å². The summed E-state index contributed by atoms with van der Waals surface area (Å²) in [5, 5.41) is 33.2. The Hall–Kier alpha value is -1.17. The third-order valence-corrected chi connectivity index (χ3v) is 9.57. The quantitative estimate of drug-likeness (QED) is 0.0393. The number of aliphatic hydroxyl groups excluding tert-OH is 3. The molecule has 0 aliphatic heterocycles. The van der Waals surface area contributed by atoms with Crippen molar-refractivity contribution in [2.24, 2.45) is 0 Å². The van der Waals surface area contributed by atoms with Crippen LogP contribution in [0.1, 0.15) is 213 Å². The predicted octanol–water partition coefficient (Wildman–Crippen LogP) is 11.4. The Bertz CT molecular complexity index is 694. The first-order valence-corrected chi connectivity index (χ1v) is 20.6. The standard InChI is InChI=1S/C42H81NO4/c1-3-5-7-9-11-13-15-17-19-21-23-24-26-28-30-32-34-36-40(45)39(38-44)43-42(47)41(46)37-35-33-31-29-27-25-22-20-18-16-14-12-10-8-6-4-2/h12,14,18,20,39-41,44-46H,3-11,13,15-17,19,21-38H2,1-2H3,(H,43,47)/b14-12-,20-18-. The topological polar surface area (TPSA) is 89.8 Å². The Morgan fingerprint density at radius 2 is 0.872 bits per heavy atom. The molecule has 0 spiro atoms. The highest BCUT2D eigenvalue weighted by molar-refractivity contribution is 5.80. The molecule has 0 aromatic rings. The summed E-state index contributed by atoms with van der Waals surface area (Å²) in [6.07, 6.45) is 44.5. The lowest BCUT2D eigenvalue weighted by atomic mass is 10.0. The average molecular weight is 664 g/mol. The molecule has 0 radical (unpaired) electrons. The predicted molar refractivity (Wildman–Crippen MR) is 204 cm³/mol. The van der Waals surface area contributed by atoms with Gasteiger partial charge in [0.25, 0.3) is 0 Å². The summed E-state index contributed by atoms with van der Waals surface area (Å²) in [7, 11) is 0. The SMILES string of the molecule is CCCCC/C=C\C/C=C\CCCCCCCCC(O)C(=O)NC(CO)C(O)CCCCCCCCCCCCCCCCCCC. The van der Waals surface area contributed by atoms with Crippen LogP contribution >= 0.6 is 0 Å². The Balaban J connectivity index is 3.66. The van der Waals surface area contributed by atoms with Gasteiger partial charge in [-0.05, 0) is 44.9 Å². The van der Waals surface area contributed by atoms with Crippen LogP contribution in [-0.2, 0) is 4.79 Å². The number of carbonyl (C=O) groups is 1. The van der Waals surface area contributed by atoms with E-state index in [9.17, 15) is 20.1 Å². The highest BCUT2D eigenvalue weighted by Crippen LogP contribution is 2.16. The maximum absolute atomic E-state index is 12.4. The minimum atomic E-state index is -1.08. The van der Waals surface area contributed by atoms with Crippen LogP contribution in [0.25, 0.3) is 0 Å². The molecule has 1 amide bonds. The second kappa shape index (κ2) is 37.6. The van der Waals surface area contributed by atoms with E-state index in [4.69, 9.17) is 0 Å². The van der Waals surface area contributed by atoms with Gasteiger partial charge in [0.05, 0.1) is 18.8 Å². The fraction of sp³-hybridized carbons (Fsp3) is 0.881. The van der Waals surface area contributed by atoms with Crippen molar-refractivity contribution in [3.63, 3.8) is 0 Å². The third kappa shape index (κ3) is 33.1. The highest BCUT2D eigenvalue weighted by Gasteiger charge is 2.23. The Morgan fingerprint density at radius 3 is 1.32 bits per heavy atom. The molecule has 0 heterocycles. The molecule has 3 atom stereocenters. The molecule has 5 nitrogen and oxygen atoms in total.